The lowest BCUT2D eigenvalue weighted by molar-refractivity contribution is 0.338. The Kier molecular flexibility index (Phi) is 2.95. The second kappa shape index (κ2) is 4.63. The lowest BCUT2D eigenvalue weighted by atomic mass is 10.1. The smallest absolute Gasteiger partial charge is 0.147 e. The van der Waals surface area contributed by atoms with E-state index in [1.807, 2.05) is 0 Å². The number of phenols is 1. The van der Waals surface area contributed by atoms with Crippen molar-refractivity contribution in [2.45, 2.75) is 6.04 Å². The monoisotopic (exact) mass is 279 g/mol. The third-order valence-corrected chi connectivity index (χ3v) is 3.27. The Balaban J connectivity index is 1.86. The van der Waals surface area contributed by atoms with Crippen molar-refractivity contribution in [3.8, 4) is 11.5 Å². The van der Waals surface area contributed by atoms with E-state index in [4.69, 9.17) is 16.3 Å². The summed E-state index contributed by atoms with van der Waals surface area (Å²) in [5.41, 5.74) is 1.27. The fraction of sp³-hybridized carbons (Fsp3) is 0.143. The third-order valence-electron chi connectivity index (χ3n) is 3.04. The lowest BCUT2D eigenvalue weighted by Crippen LogP contribution is -2.12. The third kappa shape index (κ3) is 2.31. The van der Waals surface area contributed by atoms with E-state index >= 15 is 0 Å². The van der Waals surface area contributed by atoms with Gasteiger partial charge >= 0.3 is 0 Å². The number of hydrogen-bond donors (Lipinski definition) is 2. The zero-order valence-corrected chi connectivity index (χ0v) is 10.6. The van der Waals surface area contributed by atoms with Gasteiger partial charge in [0.1, 0.15) is 23.9 Å². The van der Waals surface area contributed by atoms with Crippen LogP contribution in [0.2, 0.25) is 5.02 Å². The molecule has 0 fully saturated rings. The van der Waals surface area contributed by atoms with Crippen LogP contribution in [0.25, 0.3) is 0 Å². The molecule has 0 saturated heterocycles. The van der Waals surface area contributed by atoms with E-state index in [1.54, 1.807) is 30.3 Å². The molecule has 1 atom stereocenters. The molecule has 3 nitrogen and oxygen atoms in total. The topological polar surface area (TPSA) is 41.5 Å². The van der Waals surface area contributed by atoms with Crippen LogP contribution >= 0.6 is 11.6 Å². The van der Waals surface area contributed by atoms with Crippen LogP contribution in [0.1, 0.15) is 11.6 Å². The molecule has 0 amide bonds. The molecule has 5 heteroatoms. The second-order valence-electron chi connectivity index (χ2n) is 4.35. The molecule has 19 heavy (non-hydrogen) atoms. The quantitative estimate of drug-likeness (QED) is 0.880. The summed E-state index contributed by atoms with van der Waals surface area (Å²) in [7, 11) is 0. The first kappa shape index (κ1) is 12.1. The van der Waals surface area contributed by atoms with Crippen LogP contribution in [0.4, 0.5) is 10.1 Å². The van der Waals surface area contributed by atoms with Gasteiger partial charge in [0.15, 0.2) is 0 Å². The van der Waals surface area contributed by atoms with Crippen LogP contribution in [0.3, 0.4) is 0 Å². The van der Waals surface area contributed by atoms with Gasteiger partial charge in [-0.15, -0.1) is 0 Å². The molecule has 0 spiro atoms. The van der Waals surface area contributed by atoms with Crippen molar-refractivity contribution in [1.29, 1.82) is 0 Å². The molecular formula is C14H11ClFNO2. The van der Waals surface area contributed by atoms with Gasteiger partial charge in [-0.25, -0.2) is 4.39 Å². The summed E-state index contributed by atoms with van der Waals surface area (Å²) in [6.07, 6.45) is 0. The number of fused-ring (bicyclic) bond motifs is 1. The first-order chi connectivity index (χ1) is 9.13. The molecule has 2 N–H and O–H groups in total. The predicted octanol–water partition coefficient (Wildman–Crippen LogP) is 3.73. The van der Waals surface area contributed by atoms with Gasteiger partial charge in [-0.1, -0.05) is 11.6 Å². The summed E-state index contributed by atoms with van der Waals surface area (Å²) in [4.78, 5) is 0. The van der Waals surface area contributed by atoms with E-state index in [2.05, 4.69) is 5.32 Å². The maximum atomic E-state index is 13.7. The van der Waals surface area contributed by atoms with Gasteiger partial charge in [-0.3, -0.25) is 0 Å². The van der Waals surface area contributed by atoms with Crippen molar-refractivity contribution >= 4 is 17.3 Å². The van der Waals surface area contributed by atoms with Gasteiger partial charge < -0.3 is 15.2 Å². The van der Waals surface area contributed by atoms with Crippen LogP contribution in [-0.2, 0) is 0 Å². The number of benzene rings is 2. The van der Waals surface area contributed by atoms with Gasteiger partial charge in [-0.05, 0) is 30.3 Å². The molecule has 1 aliphatic heterocycles. The van der Waals surface area contributed by atoms with Crippen molar-refractivity contribution in [1.82, 2.24) is 0 Å². The fourth-order valence-electron chi connectivity index (χ4n) is 2.11. The molecular weight excluding hydrogens is 269 g/mol. The van der Waals surface area contributed by atoms with Crippen molar-refractivity contribution < 1.29 is 14.2 Å². The number of hydrogen-bond acceptors (Lipinski definition) is 3. The number of halogens is 2. The molecule has 2 aromatic carbocycles. The number of nitrogens with one attached hydrogen (secondary N) is 1. The Morgan fingerprint density at radius 3 is 2.89 bits per heavy atom. The molecule has 0 aromatic heterocycles. The van der Waals surface area contributed by atoms with E-state index in [1.165, 1.54) is 6.07 Å². The summed E-state index contributed by atoms with van der Waals surface area (Å²) < 4.78 is 19.2. The highest BCUT2D eigenvalue weighted by atomic mass is 35.5. The summed E-state index contributed by atoms with van der Waals surface area (Å²) in [5, 5.41) is 12.8. The molecule has 98 valence electrons. The summed E-state index contributed by atoms with van der Waals surface area (Å²) in [6.45, 7) is 0.390. The van der Waals surface area contributed by atoms with Crippen LogP contribution in [0, 0.1) is 5.82 Å². The van der Waals surface area contributed by atoms with E-state index < -0.39 is 5.82 Å². The summed E-state index contributed by atoms with van der Waals surface area (Å²) >= 11 is 5.71. The van der Waals surface area contributed by atoms with Crippen molar-refractivity contribution in [2.24, 2.45) is 0 Å². The fourth-order valence-corrected chi connectivity index (χ4v) is 2.27. The Bertz CT molecular complexity index is 633. The van der Waals surface area contributed by atoms with Crippen LogP contribution in [-0.4, -0.2) is 11.7 Å². The molecule has 0 radical (unpaired) electrons. The zero-order chi connectivity index (χ0) is 13.4. The SMILES string of the molecule is Oc1ccc2c(c1)OCC2Nc1ccc(Cl)cc1F. The van der Waals surface area contributed by atoms with Gasteiger partial charge in [0.2, 0.25) is 0 Å². The molecule has 2 aromatic rings. The maximum Gasteiger partial charge on any atom is 0.147 e. The van der Waals surface area contributed by atoms with Gasteiger partial charge in [0.05, 0.1) is 11.7 Å². The lowest BCUT2D eigenvalue weighted by Gasteiger charge is -2.14. The predicted molar refractivity (Wildman–Crippen MR) is 71.4 cm³/mol. The molecule has 1 aliphatic rings. The summed E-state index contributed by atoms with van der Waals surface area (Å²) in [5.74, 6) is 0.365. The number of aromatic hydroxyl groups is 1. The highest BCUT2D eigenvalue weighted by Gasteiger charge is 2.25. The van der Waals surface area contributed by atoms with E-state index in [0.717, 1.165) is 5.56 Å². The Morgan fingerprint density at radius 1 is 1.26 bits per heavy atom. The molecule has 1 heterocycles. The minimum absolute atomic E-state index is 0.147. The van der Waals surface area contributed by atoms with E-state index in [-0.39, 0.29) is 11.8 Å². The van der Waals surface area contributed by atoms with Gasteiger partial charge in [-0.2, -0.15) is 0 Å². The van der Waals surface area contributed by atoms with E-state index in [9.17, 15) is 9.50 Å². The maximum absolute atomic E-state index is 13.7. The largest absolute Gasteiger partial charge is 0.508 e. The van der Waals surface area contributed by atoms with Crippen LogP contribution in [0.15, 0.2) is 36.4 Å². The van der Waals surface area contributed by atoms with Crippen LogP contribution in [0.5, 0.6) is 11.5 Å². The Hall–Kier alpha value is -1.94. The number of ether oxygens (including phenoxy) is 1. The first-order valence-electron chi connectivity index (χ1n) is 5.81. The minimum atomic E-state index is -0.403. The minimum Gasteiger partial charge on any atom is -0.508 e. The Morgan fingerprint density at radius 2 is 2.11 bits per heavy atom. The highest BCUT2D eigenvalue weighted by Crippen LogP contribution is 2.37. The highest BCUT2D eigenvalue weighted by molar-refractivity contribution is 6.30. The van der Waals surface area contributed by atoms with Crippen LogP contribution < -0.4 is 10.1 Å². The summed E-state index contributed by atoms with van der Waals surface area (Å²) in [6, 6.07) is 9.23. The zero-order valence-electron chi connectivity index (χ0n) is 9.86. The second-order valence-corrected chi connectivity index (χ2v) is 4.79. The number of anilines is 1. The normalized spacial score (nSPS) is 16.8. The van der Waals surface area contributed by atoms with Gasteiger partial charge in [0, 0.05) is 16.7 Å². The number of rotatable bonds is 2. The van der Waals surface area contributed by atoms with Crippen molar-refractivity contribution in [3.63, 3.8) is 0 Å². The van der Waals surface area contributed by atoms with Gasteiger partial charge in [0.25, 0.3) is 0 Å². The van der Waals surface area contributed by atoms with Crippen molar-refractivity contribution in [2.75, 3.05) is 11.9 Å². The van der Waals surface area contributed by atoms with E-state index in [0.29, 0.717) is 23.1 Å². The number of phenolic OH excluding ortho intramolecular Hbond substituents is 1. The molecule has 0 aliphatic carbocycles. The Labute approximate surface area is 114 Å². The standard InChI is InChI=1S/C14H11ClFNO2/c15-8-1-4-12(11(16)5-8)17-13-7-19-14-6-9(18)2-3-10(13)14/h1-6,13,17-18H,7H2. The molecule has 0 bridgehead atoms. The molecule has 1 unspecified atom stereocenters. The average molecular weight is 280 g/mol. The molecule has 0 saturated carbocycles. The average Bonchev–Trinajstić information content (AvgIpc) is 2.75. The first-order valence-corrected chi connectivity index (χ1v) is 6.18. The molecule has 3 rings (SSSR count). The van der Waals surface area contributed by atoms with Crippen molar-refractivity contribution in [3.05, 3.63) is 52.8 Å².